The molecule has 0 amide bonds. The van der Waals surface area contributed by atoms with E-state index in [0.29, 0.717) is 0 Å². The quantitative estimate of drug-likeness (QED) is 0.330. The number of hydrogen-bond donors (Lipinski definition) is 2. The monoisotopic (exact) mass is 122 g/mol. The summed E-state index contributed by atoms with van der Waals surface area (Å²) in [5.41, 5.74) is 0. The van der Waals surface area contributed by atoms with Crippen LogP contribution < -0.4 is 0 Å². The van der Waals surface area contributed by atoms with Gasteiger partial charge >= 0.3 is 29.3 Å². The first-order chi connectivity index (χ1) is 2.00. The van der Waals surface area contributed by atoms with E-state index in [0.717, 1.165) is 0 Å². The SMILES string of the molecule is C.O=S(=O)(O)O.[LiH]. The van der Waals surface area contributed by atoms with Gasteiger partial charge in [-0.15, -0.1) is 0 Å². The molecule has 0 heterocycles. The van der Waals surface area contributed by atoms with E-state index >= 15 is 0 Å². The fourth-order valence-corrected chi connectivity index (χ4v) is 0. The van der Waals surface area contributed by atoms with Crippen molar-refractivity contribution in [3.05, 3.63) is 0 Å². The van der Waals surface area contributed by atoms with E-state index in [1.807, 2.05) is 0 Å². The third-order valence-corrected chi connectivity index (χ3v) is 0. The topological polar surface area (TPSA) is 74.6 Å². The molecule has 0 radical (unpaired) electrons. The fourth-order valence-electron chi connectivity index (χ4n) is 0. The fraction of sp³-hybridized carbons (Fsp3) is 1.00. The van der Waals surface area contributed by atoms with Crippen LogP contribution in [0.2, 0.25) is 0 Å². The first-order valence-electron chi connectivity index (χ1n) is 0.698. The van der Waals surface area contributed by atoms with Crippen LogP contribution in [-0.4, -0.2) is 36.4 Å². The van der Waals surface area contributed by atoms with Gasteiger partial charge in [-0.25, -0.2) is 0 Å². The Morgan fingerprint density at radius 3 is 1.14 bits per heavy atom. The van der Waals surface area contributed by atoms with Gasteiger partial charge in [-0.2, -0.15) is 8.42 Å². The van der Waals surface area contributed by atoms with E-state index in [1.54, 1.807) is 0 Å². The molecule has 4 nitrogen and oxygen atoms in total. The second-order valence-electron chi connectivity index (χ2n) is 0.448. The Hall–Kier alpha value is 0.467. The summed E-state index contributed by atoms with van der Waals surface area (Å²) in [5, 5.41) is 0. The van der Waals surface area contributed by atoms with Gasteiger partial charge < -0.3 is 0 Å². The Labute approximate surface area is 54.7 Å². The molecule has 42 valence electrons. The van der Waals surface area contributed by atoms with Gasteiger partial charge in [-0.05, 0) is 0 Å². The summed E-state index contributed by atoms with van der Waals surface area (Å²) in [6.45, 7) is 0. The molecule has 0 aromatic heterocycles. The maximum absolute atomic E-state index is 8.74. The van der Waals surface area contributed by atoms with Gasteiger partial charge in [0, 0.05) is 0 Å². The van der Waals surface area contributed by atoms with Crippen LogP contribution >= 0.6 is 0 Å². The summed E-state index contributed by atoms with van der Waals surface area (Å²) in [5.74, 6) is 0. The third kappa shape index (κ3) is 591. The van der Waals surface area contributed by atoms with Gasteiger partial charge in [0.1, 0.15) is 0 Å². The van der Waals surface area contributed by atoms with Crippen LogP contribution in [0.25, 0.3) is 0 Å². The molecule has 0 aromatic carbocycles. The van der Waals surface area contributed by atoms with Gasteiger partial charge in [0.2, 0.25) is 0 Å². The summed E-state index contributed by atoms with van der Waals surface area (Å²) in [6.07, 6.45) is 0. The van der Waals surface area contributed by atoms with E-state index in [2.05, 4.69) is 0 Å². The van der Waals surface area contributed by atoms with Crippen LogP contribution in [0.4, 0.5) is 0 Å². The molecule has 0 unspecified atom stereocenters. The Morgan fingerprint density at radius 2 is 1.14 bits per heavy atom. The van der Waals surface area contributed by atoms with Crippen molar-refractivity contribution < 1.29 is 17.5 Å². The van der Waals surface area contributed by atoms with Crippen LogP contribution in [0.1, 0.15) is 7.43 Å². The van der Waals surface area contributed by atoms with Crippen molar-refractivity contribution in [2.24, 2.45) is 0 Å². The Morgan fingerprint density at radius 1 is 1.14 bits per heavy atom. The summed E-state index contributed by atoms with van der Waals surface area (Å²) in [4.78, 5) is 0. The normalized spacial score (nSPS) is 8.29. The minimum atomic E-state index is -4.67. The molecule has 0 saturated heterocycles. The second kappa shape index (κ2) is 4.62. The van der Waals surface area contributed by atoms with E-state index in [-0.39, 0.29) is 26.3 Å². The van der Waals surface area contributed by atoms with Gasteiger partial charge in [-0.3, -0.25) is 9.11 Å². The van der Waals surface area contributed by atoms with E-state index < -0.39 is 10.4 Å². The summed E-state index contributed by atoms with van der Waals surface area (Å²) < 4.78 is 31.6. The minimum absolute atomic E-state index is 0. The van der Waals surface area contributed by atoms with Crippen LogP contribution in [0.3, 0.4) is 0 Å². The van der Waals surface area contributed by atoms with Crippen molar-refractivity contribution in [1.82, 2.24) is 0 Å². The molecule has 0 saturated carbocycles. The average Bonchev–Trinajstić information content (AvgIpc) is 0.722. The van der Waals surface area contributed by atoms with E-state index in [4.69, 9.17) is 17.5 Å². The van der Waals surface area contributed by atoms with Gasteiger partial charge in [0.15, 0.2) is 0 Å². The molecular weight excluding hydrogens is 115 g/mol. The standard InChI is InChI=1S/CH4.Li.H2O4S.H/c;;1-5(2,3)4;/h1H4;;(H2,1,2,3,4);. The molecule has 6 heteroatoms. The van der Waals surface area contributed by atoms with Crippen molar-refractivity contribution in [2.45, 2.75) is 7.43 Å². The van der Waals surface area contributed by atoms with Crippen molar-refractivity contribution in [1.29, 1.82) is 0 Å². The number of rotatable bonds is 0. The molecule has 0 aromatic rings. The van der Waals surface area contributed by atoms with E-state index in [9.17, 15) is 0 Å². The molecule has 0 fully saturated rings. The van der Waals surface area contributed by atoms with Gasteiger partial charge in [-0.1, -0.05) is 7.43 Å². The van der Waals surface area contributed by atoms with Gasteiger partial charge in [0.25, 0.3) is 0 Å². The Kier molecular flexibility index (Phi) is 10.3. The summed E-state index contributed by atoms with van der Waals surface area (Å²) in [7, 11) is -4.67. The average molecular weight is 122 g/mol. The summed E-state index contributed by atoms with van der Waals surface area (Å²) >= 11 is 0. The van der Waals surface area contributed by atoms with Crippen molar-refractivity contribution >= 4 is 29.3 Å². The van der Waals surface area contributed by atoms with Gasteiger partial charge in [0.05, 0.1) is 0 Å². The van der Waals surface area contributed by atoms with Crippen molar-refractivity contribution in [2.75, 3.05) is 0 Å². The molecule has 0 atom stereocenters. The predicted molar refractivity (Wildman–Crippen MR) is 28.1 cm³/mol. The van der Waals surface area contributed by atoms with Crippen LogP contribution in [-0.2, 0) is 10.4 Å². The second-order valence-corrected chi connectivity index (χ2v) is 1.34. The molecule has 7 heavy (non-hydrogen) atoms. The maximum atomic E-state index is 8.74. The molecule has 0 spiro atoms. The predicted octanol–water partition coefficient (Wildman–Crippen LogP) is -0.665. The van der Waals surface area contributed by atoms with Crippen LogP contribution in [0, 0.1) is 0 Å². The molecule has 0 aliphatic carbocycles. The zero-order valence-electron chi connectivity index (χ0n) is 2.12. The zero-order chi connectivity index (χ0) is 4.50. The number of hydrogen-bond acceptors (Lipinski definition) is 2. The third-order valence-electron chi connectivity index (χ3n) is 0. The van der Waals surface area contributed by atoms with Crippen molar-refractivity contribution in [3.8, 4) is 0 Å². The Balaban J connectivity index is -0.0000000800. The summed E-state index contributed by atoms with van der Waals surface area (Å²) in [6, 6.07) is 0. The van der Waals surface area contributed by atoms with Crippen LogP contribution in [0.5, 0.6) is 0 Å². The first kappa shape index (κ1) is 15.7. The Bertz CT molecular complexity index is 94.9. The zero-order valence-corrected chi connectivity index (χ0v) is 2.94. The molecule has 2 N–H and O–H groups in total. The van der Waals surface area contributed by atoms with E-state index in [1.165, 1.54) is 0 Å². The molecular formula is CH7LiO4S. The van der Waals surface area contributed by atoms with Crippen molar-refractivity contribution in [3.63, 3.8) is 0 Å². The molecule has 0 aliphatic heterocycles. The first-order valence-corrected chi connectivity index (χ1v) is 2.10. The molecule has 0 rings (SSSR count). The molecule has 0 bridgehead atoms. The van der Waals surface area contributed by atoms with Crippen LogP contribution in [0.15, 0.2) is 0 Å². The molecule has 0 aliphatic rings.